The first-order chi connectivity index (χ1) is 22.3. The maximum absolute atomic E-state index is 14.1. The second kappa shape index (κ2) is 21.2. The fourth-order valence-corrected chi connectivity index (χ4v) is 7.57. The Hall–Kier alpha value is -1.89. The van der Waals surface area contributed by atoms with Gasteiger partial charge in [-0.25, -0.2) is 0 Å². The summed E-state index contributed by atoms with van der Waals surface area (Å²) >= 11 is 2.11. The summed E-state index contributed by atoms with van der Waals surface area (Å²) in [5.74, 6) is 0.503. The van der Waals surface area contributed by atoms with Gasteiger partial charge in [0.25, 0.3) is 0 Å². The monoisotopic (exact) mass is 756 g/mol. The van der Waals surface area contributed by atoms with Crippen LogP contribution in [-0.2, 0) is 16.2 Å². The van der Waals surface area contributed by atoms with E-state index in [1.165, 1.54) is 45.6 Å². The van der Waals surface area contributed by atoms with Crippen molar-refractivity contribution in [2.75, 3.05) is 20.3 Å². The van der Waals surface area contributed by atoms with Crippen LogP contribution in [0.5, 0.6) is 11.5 Å². The van der Waals surface area contributed by atoms with Crippen LogP contribution in [-0.4, -0.2) is 76.6 Å². The highest BCUT2D eigenvalue weighted by Gasteiger charge is 2.43. The van der Waals surface area contributed by atoms with Crippen LogP contribution in [0.3, 0.4) is 0 Å². The number of aliphatic hydroxyl groups is 3. The first kappa shape index (κ1) is 38.6. The van der Waals surface area contributed by atoms with Crippen LogP contribution in [0.1, 0.15) is 122 Å². The van der Waals surface area contributed by atoms with E-state index in [4.69, 9.17) is 9.47 Å². The average Bonchev–Trinajstić information content (AvgIpc) is 3.34. The van der Waals surface area contributed by atoms with Crippen molar-refractivity contribution in [3.05, 3.63) is 32.9 Å². The fraction of sp³-hybridized carbons (Fsp3) is 0.722. The second-order valence-electron chi connectivity index (χ2n) is 12.8. The van der Waals surface area contributed by atoms with Gasteiger partial charge < -0.3 is 35.0 Å². The average molecular weight is 757 g/mol. The molecule has 1 fully saturated rings. The Balaban J connectivity index is 1.85. The second-order valence-corrected chi connectivity index (χ2v) is 14.0. The van der Waals surface area contributed by atoms with E-state index in [0.29, 0.717) is 32.6 Å². The molecule has 3 atom stereocenters. The summed E-state index contributed by atoms with van der Waals surface area (Å²) in [5.41, 5.74) is 1.08. The van der Waals surface area contributed by atoms with E-state index in [2.05, 4.69) is 34.8 Å². The molecule has 1 saturated carbocycles. The van der Waals surface area contributed by atoms with Crippen molar-refractivity contribution in [1.29, 1.82) is 0 Å². The number of unbranched alkanes of at least 4 members (excludes halogenated alkanes) is 8. The number of halogens is 1. The molecule has 2 aliphatic rings. The Kier molecular flexibility index (Phi) is 17.7. The lowest BCUT2D eigenvalue weighted by atomic mass is 9.86. The molecule has 0 unspecified atom stereocenters. The van der Waals surface area contributed by atoms with E-state index in [1.54, 1.807) is 18.2 Å². The van der Waals surface area contributed by atoms with E-state index in [9.17, 15) is 24.9 Å². The van der Waals surface area contributed by atoms with Crippen molar-refractivity contribution in [2.45, 2.75) is 147 Å². The zero-order chi connectivity index (χ0) is 33.3. The van der Waals surface area contributed by atoms with E-state index >= 15 is 0 Å². The van der Waals surface area contributed by atoms with Gasteiger partial charge in [0.2, 0.25) is 11.8 Å². The number of hydrogen-bond donors (Lipinski definition) is 4. The lowest BCUT2D eigenvalue weighted by molar-refractivity contribution is -0.142. The van der Waals surface area contributed by atoms with Gasteiger partial charge >= 0.3 is 0 Å². The number of nitrogens with one attached hydrogen (secondary N) is 1. The number of benzene rings is 1. The minimum Gasteiger partial charge on any atom is -0.493 e. The Morgan fingerprint density at radius 2 is 1.63 bits per heavy atom. The number of hydrogen-bond acceptors (Lipinski definition) is 7. The molecule has 260 valence electrons. The number of carbonyl (C=O) groups is 2. The van der Waals surface area contributed by atoms with E-state index < -0.39 is 18.2 Å². The number of methoxy groups -OCH3 is 1. The molecule has 0 bridgehead atoms. The molecular formula is C36H57IN2O7. The summed E-state index contributed by atoms with van der Waals surface area (Å²) in [6.45, 7) is 1.98. The summed E-state index contributed by atoms with van der Waals surface area (Å²) in [6.07, 6.45) is 16.8. The zero-order valence-corrected chi connectivity index (χ0v) is 30.1. The van der Waals surface area contributed by atoms with Gasteiger partial charge in [-0.3, -0.25) is 9.59 Å². The van der Waals surface area contributed by atoms with Gasteiger partial charge in [0, 0.05) is 31.0 Å². The van der Waals surface area contributed by atoms with Crippen molar-refractivity contribution in [1.82, 2.24) is 10.2 Å². The maximum atomic E-state index is 14.1. The topological polar surface area (TPSA) is 129 Å². The highest BCUT2D eigenvalue weighted by molar-refractivity contribution is 14.1. The molecule has 0 heterocycles. The molecule has 0 aliphatic heterocycles. The number of nitrogens with zero attached hydrogens (tertiary/aromatic N) is 1. The molecular weight excluding hydrogens is 699 g/mol. The number of ether oxygens (including phenoxy) is 2. The predicted octanol–water partition coefficient (Wildman–Crippen LogP) is 6.18. The van der Waals surface area contributed by atoms with Crippen LogP contribution in [0, 0.1) is 3.57 Å². The number of rotatable bonds is 19. The third-order valence-electron chi connectivity index (χ3n) is 9.30. The first-order valence-corrected chi connectivity index (χ1v) is 18.6. The van der Waals surface area contributed by atoms with Crippen LogP contribution in [0.2, 0.25) is 0 Å². The van der Waals surface area contributed by atoms with Gasteiger partial charge in [0.05, 0.1) is 29.9 Å². The molecule has 0 radical (unpaired) electrons. The maximum Gasteiger partial charge on any atom is 0.247 e. The van der Waals surface area contributed by atoms with Crippen LogP contribution in [0.4, 0.5) is 0 Å². The van der Waals surface area contributed by atoms with Gasteiger partial charge in [0.15, 0.2) is 11.5 Å². The van der Waals surface area contributed by atoms with E-state index in [-0.39, 0.29) is 44.0 Å². The predicted molar refractivity (Wildman–Crippen MR) is 189 cm³/mol. The Morgan fingerprint density at radius 1 is 0.978 bits per heavy atom. The Bertz CT molecular complexity index is 1110. The minimum atomic E-state index is -1.08. The summed E-state index contributed by atoms with van der Waals surface area (Å²) in [5, 5.41) is 33.7. The Morgan fingerprint density at radius 3 is 2.24 bits per heavy atom. The van der Waals surface area contributed by atoms with Crippen molar-refractivity contribution < 1.29 is 34.4 Å². The molecule has 0 spiro atoms. The van der Waals surface area contributed by atoms with Crippen molar-refractivity contribution in [2.24, 2.45) is 0 Å². The molecule has 3 rings (SSSR count). The highest BCUT2D eigenvalue weighted by atomic mass is 127. The molecule has 1 aromatic carbocycles. The summed E-state index contributed by atoms with van der Waals surface area (Å²) in [7, 11) is 1.52. The third kappa shape index (κ3) is 11.7. The van der Waals surface area contributed by atoms with Crippen molar-refractivity contribution in [3.63, 3.8) is 0 Å². The molecule has 0 aromatic heterocycles. The zero-order valence-electron chi connectivity index (χ0n) is 28.0. The Labute approximate surface area is 289 Å². The van der Waals surface area contributed by atoms with Gasteiger partial charge in [0.1, 0.15) is 12.2 Å². The molecule has 46 heavy (non-hydrogen) atoms. The summed E-state index contributed by atoms with van der Waals surface area (Å²) < 4.78 is 12.7. The number of amides is 2. The van der Waals surface area contributed by atoms with Crippen LogP contribution in [0.25, 0.3) is 0 Å². The smallest absolute Gasteiger partial charge is 0.247 e. The molecule has 9 nitrogen and oxygen atoms in total. The third-order valence-corrected chi connectivity index (χ3v) is 10.1. The van der Waals surface area contributed by atoms with Gasteiger partial charge in [-0.1, -0.05) is 84.0 Å². The van der Waals surface area contributed by atoms with Gasteiger partial charge in [-0.05, 0) is 65.6 Å². The van der Waals surface area contributed by atoms with Crippen LogP contribution < -0.4 is 14.8 Å². The quantitative estimate of drug-likeness (QED) is 0.0755. The van der Waals surface area contributed by atoms with Crippen LogP contribution in [0.15, 0.2) is 23.8 Å². The molecule has 2 aliphatic carbocycles. The molecule has 1 aromatic rings. The first-order valence-electron chi connectivity index (χ1n) is 17.6. The van der Waals surface area contributed by atoms with E-state index in [1.807, 2.05) is 4.90 Å². The molecule has 10 heteroatoms. The normalized spacial score (nSPS) is 20.5. The van der Waals surface area contributed by atoms with Crippen molar-refractivity contribution in [3.8, 4) is 11.5 Å². The summed E-state index contributed by atoms with van der Waals surface area (Å²) in [4.78, 5) is 29.3. The fourth-order valence-electron chi connectivity index (χ4n) is 6.77. The number of aliphatic hydroxyl groups excluding tert-OH is 3. The lowest BCUT2D eigenvalue weighted by Gasteiger charge is -2.44. The largest absolute Gasteiger partial charge is 0.493 e. The standard InChI is InChI=1S/C36H57IN2O7/c1-3-4-5-6-7-8-9-10-15-18-33(42)39(28-16-13-11-12-14-17-28)30-23-27(36(44)38-19-20-40)24-31(34(30)43)46-35-29(37)21-26(25-41)22-32(35)45-2/h21-22,24,28,30-31,34,40-41,43H,3-20,23,25H2,1-2H3,(H,38,44)/t30-,31+,34+/m1/s1. The minimum absolute atomic E-state index is 0.00720. The van der Waals surface area contributed by atoms with Gasteiger partial charge in [-0.2, -0.15) is 0 Å². The van der Waals surface area contributed by atoms with Crippen molar-refractivity contribution >= 4 is 34.4 Å². The van der Waals surface area contributed by atoms with E-state index in [0.717, 1.165) is 57.8 Å². The SMILES string of the molecule is CCCCCCCCCCCC(=O)N(C1CCCCCC1)[C@@H]1CC(C(=O)NCCO)=C[C@H](Oc2c(I)cc(CO)cc2OC)[C@H]1O. The molecule has 2 amide bonds. The number of carbonyl (C=O) groups excluding carboxylic acids is 2. The van der Waals surface area contributed by atoms with Crippen LogP contribution >= 0.6 is 22.6 Å². The lowest BCUT2D eigenvalue weighted by Crippen LogP contribution is -2.58. The highest BCUT2D eigenvalue weighted by Crippen LogP contribution is 2.38. The summed E-state index contributed by atoms with van der Waals surface area (Å²) in [6, 6.07) is 2.83. The molecule has 4 N–H and O–H groups in total. The van der Waals surface area contributed by atoms with Gasteiger partial charge in [-0.15, -0.1) is 0 Å². The molecule has 0 saturated heterocycles.